The molecule has 2 aromatic heterocycles. The fourth-order valence-electron chi connectivity index (χ4n) is 1.49. The lowest BCUT2D eigenvalue weighted by Crippen LogP contribution is -2.05. The maximum Gasteiger partial charge on any atom is 0.116 e. The van der Waals surface area contributed by atoms with Crippen molar-refractivity contribution >= 4 is 0 Å². The molecule has 0 aliphatic heterocycles. The summed E-state index contributed by atoms with van der Waals surface area (Å²) < 4.78 is 6.80. The molecule has 0 spiro atoms. The first-order valence-corrected chi connectivity index (χ1v) is 4.81. The van der Waals surface area contributed by atoms with Crippen LogP contribution in [-0.4, -0.2) is 20.1 Å². The largest absolute Gasteiger partial charge is 0.472 e. The van der Waals surface area contributed by atoms with Gasteiger partial charge in [0.1, 0.15) is 5.69 Å². The predicted molar refractivity (Wildman–Crippen MR) is 54.0 cm³/mol. The Bertz CT molecular complexity index is 431. The molecule has 0 bridgehead atoms. The van der Waals surface area contributed by atoms with Crippen molar-refractivity contribution in [3.05, 3.63) is 24.3 Å². The normalized spacial score (nSPS) is 11.2. The summed E-state index contributed by atoms with van der Waals surface area (Å²) in [5.74, 6) is 0. The molecule has 0 radical (unpaired) electrons. The Morgan fingerprint density at radius 3 is 2.87 bits per heavy atom. The highest BCUT2D eigenvalue weighted by Gasteiger charge is 2.16. The minimum Gasteiger partial charge on any atom is -0.472 e. The molecule has 0 atom stereocenters. The van der Waals surface area contributed by atoms with E-state index >= 15 is 0 Å². The molecule has 2 rings (SSSR count). The number of aliphatic hydroxyl groups is 1. The summed E-state index contributed by atoms with van der Waals surface area (Å²) in [4.78, 5) is 0. The van der Waals surface area contributed by atoms with E-state index in [-0.39, 0.29) is 12.6 Å². The van der Waals surface area contributed by atoms with E-state index in [1.807, 2.05) is 19.9 Å². The number of furan rings is 1. The zero-order chi connectivity index (χ0) is 10.8. The highest BCUT2D eigenvalue weighted by atomic mass is 16.3. The smallest absolute Gasteiger partial charge is 0.116 e. The van der Waals surface area contributed by atoms with Gasteiger partial charge in [0.25, 0.3) is 0 Å². The van der Waals surface area contributed by atoms with Crippen LogP contribution < -0.4 is 0 Å². The van der Waals surface area contributed by atoms with Crippen molar-refractivity contribution in [2.45, 2.75) is 26.5 Å². The number of nitrogens with zero attached hydrogens (tertiary/aromatic N) is 3. The lowest BCUT2D eigenvalue weighted by Gasteiger charge is -2.08. The van der Waals surface area contributed by atoms with Crippen LogP contribution in [0.1, 0.15) is 25.6 Å². The van der Waals surface area contributed by atoms with Crippen molar-refractivity contribution < 1.29 is 9.52 Å². The predicted octanol–water partition coefficient (Wildman–Crippen LogP) is 1.61. The van der Waals surface area contributed by atoms with Crippen molar-refractivity contribution in [2.75, 3.05) is 0 Å². The monoisotopic (exact) mass is 207 g/mol. The highest BCUT2D eigenvalue weighted by Crippen LogP contribution is 2.25. The van der Waals surface area contributed by atoms with Gasteiger partial charge in [0, 0.05) is 11.6 Å². The first kappa shape index (κ1) is 9.92. The summed E-state index contributed by atoms with van der Waals surface area (Å²) in [7, 11) is 0. The summed E-state index contributed by atoms with van der Waals surface area (Å²) in [6, 6.07) is 2.03. The maximum absolute atomic E-state index is 9.17. The van der Waals surface area contributed by atoms with E-state index in [4.69, 9.17) is 9.52 Å². The molecule has 15 heavy (non-hydrogen) atoms. The number of hydrogen-bond donors (Lipinski definition) is 1. The fourth-order valence-corrected chi connectivity index (χ4v) is 1.49. The van der Waals surface area contributed by atoms with Crippen molar-refractivity contribution in [1.82, 2.24) is 15.0 Å². The lowest BCUT2D eigenvalue weighted by atomic mass is 10.2. The topological polar surface area (TPSA) is 64.1 Å². The minimum absolute atomic E-state index is 0.118. The van der Waals surface area contributed by atoms with Gasteiger partial charge in [0.2, 0.25) is 0 Å². The maximum atomic E-state index is 9.17. The van der Waals surface area contributed by atoms with Gasteiger partial charge in [-0.3, -0.25) is 0 Å². The van der Waals surface area contributed by atoms with Gasteiger partial charge in [0.15, 0.2) is 0 Å². The molecule has 0 saturated heterocycles. The van der Waals surface area contributed by atoms with Gasteiger partial charge in [0.05, 0.1) is 24.8 Å². The third-order valence-corrected chi connectivity index (χ3v) is 2.20. The number of aromatic nitrogens is 3. The quantitative estimate of drug-likeness (QED) is 0.830. The van der Waals surface area contributed by atoms with Crippen molar-refractivity contribution in [2.24, 2.45) is 0 Å². The zero-order valence-electron chi connectivity index (χ0n) is 8.71. The van der Waals surface area contributed by atoms with Crippen LogP contribution in [0.5, 0.6) is 0 Å². The average molecular weight is 207 g/mol. The number of aliphatic hydroxyl groups excluding tert-OH is 1. The summed E-state index contributed by atoms with van der Waals surface area (Å²) in [5.41, 5.74) is 2.28. The molecule has 0 fully saturated rings. The van der Waals surface area contributed by atoms with Crippen LogP contribution in [0.3, 0.4) is 0 Å². The van der Waals surface area contributed by atoms with Crippen molar-refractivity contribution in [1.29, 1.82) is 0 Å². The van der Waals surface area contributed by atoms with Crippen LogP contribution in [0.25, 0.3) is 11.3 Å². The average Bonchev–Trinajstić information content (AvgIpc) is 2.85. The Morgan fingerprint density at radius 2 is 2.33 bits per heavy atom. The molecule has 0 saturated carbocycles. The molecule has 2 heterocycles. The van der Waals surface area contributed by atoms with E-state index in [1.165, 1.54) is 0 Å². The van der Waals surface area contributed by atoms with Crippen LogP contribution in [-0.2, 0) is 6.61 Å². The Hall–Kier alpha value is -1.62. The van der Waals surface area contributed by atoms with E-state index in [9.17, 15) is 0 Å². The van der Waals surface area contributed by atoms with E-state index in [0.717, 1.165) is 11.3 Å². The Labute approximate surface area is 87.3 Å². The lowest BCUT2D eigenvalue weighted by molar-refractivity contribution is 0.277. The Kier molecular flexibility index (Phi) is 2.55. The van der Waals surface area contributed by atoms with Crippen molar-refractivity contribution in [3.8, 4) is 11.3 Å². The molecule has 0 unspecified atom stereocenters. The Balaban J connectivity index is 2.56. The third kappa shape index (κ3) is 1.66. The van der Waals surface area contributed by atoms with Gasteiger partial charge in [-0.2, -0.15) is 0 Å². The molecule has 5 heteroatoms. The second-order valence-electron chi connectivity index (χ2n) is 3.59. The molecule has 5 nitrogen and oxygen atoms in total. The molecule has 0 amide bonds. The second kappa shape index (κ2) is 3.86. The van der Waals surface area contributed by atoms with Gasteiger partial charge >= 0.3 is 0 Å². The van der Waals surface area contributed by atoms with E-state index in [2.05, 4.69) is 10.3 Å². The van der Waals surface area contributed by atoms with E-state index in [0.29, 0.717) is 5.69 Å². The minimum atomic E-state index is -0.118. The third-order valence-electron chi connectivity index (χ3n) is 2.20. The van der Waals surface area contributed by atoms with Crippen LogP contribution in [0.4, 0.5) is 0 Å². The van der Waals surface area contributed by atoms with Gasteiger partial charge in [-0.25, -0.2) is 4.68 Å². The fraction of sp³-hybridized carbons (Fsp3) is 0.400. The second-order valence-corrected chi connectivity index (χ2v) is 3.59. The van der Waals surface area contributed by atoms with Crippen LogP contribution in [0.15, 0.2) is 23.0 Å². The van der Waals surface area contributed by atoms with Gasteiger partial charge < -0.3 is 9.52 Å². The number of hydrogen-bond acceptors (Lipinski definition) is 4. The summed E-state index contributed by atoms with van der Waals surface area (Å²) in [6.07, 6.45) is 3.21. The zero-order valence-corrected chi connectivity index (χ0v) is 8.71. The molecular formula is C10H13N3O2. The first-order chi connectivity index (χ1) is 7.24. The molecule has 0 aliphatic rings. The molecule has 0 aliphatic carbocycles. The van der Waals surface area contributed by atoms with E-state index < -0.39 is 0 Å². The number of rotatable bonds is 3. The van der Waals surface area contributed by atoms with Crippen LogP contribution in [0, 0.1) is 0 Å². The van der Waals surface area contributed by atoms with Gasteiger partial charge in [-0.05, 0) is 19.9 Å². The molecular weight excluding hydrogens is 194 g/mol. The molecule has 80 valence electrons. The molecule has 0 aromatic carbocycles. The SMILES string of the molecule is CC(C)n1nnc(CO)c1-c1ccoc1. The summed E-state index contributed by atoms with van der Waals surface area (Å²) in [6.45, 7) is 3.91. The first-order valence-electron chi connectivity index (χ1n) is 4.81. The van der Waals surface area contributed by atoms with Crippen molar-refractivity contribution in [3.63, 3.8) is 0 Å². The highest BCUT2D eigenvalue weighted by molar-refractivity contribution is 5.60. The van der Waals surface area contributed by atoms with E-state index in [1.54, 1.807) is 17.2 Å². The van der Waals surface area contributed by atoms with Crippen LogP contribution >= 0.6 is 0 Å². The summed E-state index contributed by atoms with van der Waals surface area (Å²) >= 11 is 0. The van der Waals surface area contributed by atoms with Gasteiger partial charge in [-0.15, -0.1) is 5.10 Å². The molecule has 2 aromatic rings. The molecule has 1 N–H and O–H groups in total. The van der Waals surface area contributed by atoms with Gasteiger partial charge in [-0.1, -0.05) is 5.21 Å². The standard InChI is InChI=1S/C10H13N3O2/c1-7(2)13-10(8-3-4-15-6-8)9(5-14)11-12-13/h3-4,6-7,14H,5H2,1-2H3. The summed E-state index contributed by atoms with van der Waals surface area (Å²) in [5, 5.41) is 17.1. The van der Waals surface area contributed by atoms with Crippen LogP contribution in [0.2, 0.25) is 0 Å². The Morgan fingerprint density at radius 1 is 1.53 bits per heavy atom.